The number of rotatable bonds is 7. The van der Waals surface area contributed by atoms with Gasteiger partial charge in [-0.3, -0.25) is 4.79 Å². The molecule has 6 nitrogen and oxygen atoms in total. The predicted octanol–water partition coefficient (Wildman–Crippen LogP) is 0.203. The highest BCUT2D eigenvalue weighted by molar-refractivity contribution is 7.88. The second-order valence-electron chi connectivity index (χ2n) is 4.68. The van der Waals surface area contributed by atoms with Crippen molar-refractivity contribution in [2.75, 3.05) is 13.1 Å². The Hall–Kier alpha value is -1.44. The fourth-order valence-electron chi connectivity index (χ4n) is 1.80. The fraction of sp³-hybridized carbons (Fsp3) is 0.462. The zero-order valence-electron chi connectivity index (χ0n) is 11.7. The predicted molar refractivity (Wildman–Crippen MR) is 78.7 cm³/mol. The highest BCUT2D eigenvalue weighted by atomic mass is 32.2. The summed E-state index contributed by atoms with van der Waals surface area (Å²) in [5, 5.41) is 11.0. The average Bonchev–Trinajstić information content (AvgIpc) is 2.34. The summed E-state index contributed by atoms with van der Waals surface area (Å²) in [7, 11) is -3.59. The van der Waals surface area contributed by atoms with E-state index in [9.17, 15) is 13.2 Å². The lowest BCUT2D eigenvalue weighted by Gasteiger charge is -2.13. The van der Waals surface area contributed by atoms with Gasteiger partial charge in [0.15, 0.2) is 0 Å². The van der Waals surface area contributed by atoms with E-state index in [4.69, 9.17) is 5.14 Å². The third kappa shape index (κ3) is 6.14. The molecular weight excluding hydrogens is 278 g/mol. The minimum Gasteiger partial charge on any atom is -0.350 e. The first-order valence-electron chi connectivity index (χ1n) is 6.43. The summed E-state index contributed by atoms with van der Waals surface area (Å²) >= 11 is 0. The molecule has 0 aromatic heterocycles. The Labute approximate surface area is 119 Å². The maximum Gasteiger partial charge on any atom is 0.251 e. The zero-order chi connectivity index (χ0) is 15.2. The van der Waals surface area contributed by atoms with E-state index in [2.05, 4.69) is 10.6 Å². The molecule has 1 aromatic carbocycles. The topological polar surface area (TPSA) is 101 Å². The number of primary sulfonamides is 1. The number of benzene rings is 1. The number of amides is 1. The quantitative estimate of drug-likeness (QED) is 0.669. The molecule has 0 radical (unpaired) electrons. The van der Waals surface area contributed by atoms with E-state index in [0.29, 0.717) is 17.7 Å². The molecule has 0 unspecified atom stereocenters. The maximum absolute atomic E-state index is 12.0. The Morgan fingerprint density at radius 3 is 2.70 bits per heavy atom. The molecule has 0 bridgehead atoms. The lowest BCUT2D eigenvalue weighted by Crippen LogP contribution is -2.38. The van der Waals surface area contributed by atoms with Crippen LogP contribution in [0.1, 0.15) is 29.8 Å². The molecule has 0 spiro atoms. The third-order valence-corrected chi connectivity index (χ3v) is 3.41. The molecule has 0 aliphatic heterocycles. The number of hydrogen-bond acceptors (Lipinski definition) is 4. The summed E-state index contributed by atoms with van der Waals surface area (Å²) in [5.74, 6) is -0.506. The maximum atomic E-state index is 12.0. The zero-order valence-corrected chi connectivity index (χ0v) is 12.5. The van der Waals surface area contributed by atoms with Gasteiger partial charge in [-0.2, -0.15) is 0 Å². The van der Waals surface area contributed by atoms with Crippen LogP contribution in [0.15, 0.2) is 24.3 Å². The van der Waals surface area contributed by atoms with Crippen molar-refractivity contribution in [2.24, 2.45) is 5.14 Å². The summed E-state index contributed by atoms with van der Waals surface area (Å²) in [6.45, 7) is 5.31. The summed E-state index contributed by atoms with van der Waals surface area (Å²) in [4.78, 5) is 12.0. The molecule has 0 saturated heterocycles. The minimum absolute atomic E-state index is 0.177. The Morgan fingerprint density at radius 1 is 1.40 bits per heavy atom. The second kappa shape index (κ2) is 7.37. The van der Waals surface area contributed by atoms with E-state index >= 15 is 0 Å². The Balaban J connectivity index is 2.67. The van der Waals surface area contributed by atoms with Crippen LogP contribution in [0.3, 0.4) is 0 Å². The number of carbonyl (C=O) groups is 1. The van der Waals surface area contributed by atoms with Crippen LogP contribution < -0.4 is 15.8 Å². The van der Waals surface area contributed by atoms with Gasteiger partial charge in [-0.15, -0.1) is 0 Å². The molecule has 1 rings (SSSR count). The van der Waals surface area contributed by atoms with E-state index in [-0.39, 0.29) is 17.7 Å². The van der Waals surface area contributed by atoms with Gasteiger partial charge in [-0.25, -0.2) is 13.6 Å². The third-order valence-electron chi connectivity index (χ3n) is 2.68. The summed E-state index contributed by atoms with van der Waals surface area (Å²) in [5.41, 5.74) is 0.926. The first-order valence-corrected chi connectivity index (χ1v) is 8.14. The normalized spacial score (nSPS) is 12.9. The van der Waals surface area contributed by atoms with Crippen molar-refractivity contribution < 1.29 is 13.2 Å². The largest absolute Gasteiger partial charge is 0.350 e. The number of nitrogens with two attached hydrogens (primary N) is 1. The van der Waals surface area contributed by atoms with Crippen LogP contribution in [0.25, 0.3) is 0 Å². The summed E-state index contributed by atoms with van der Waals surface area (Å²) in [6.07, 6.45) is 0. The molecule has 4 N–H and O–H groups in total. The summed E-state index contributed by atoms with van der Waals surface area (Å²) < 4.78 is 22.1. The van der Waals surface area contributed by atoms with Crippen molar-refractivity contribution in [3.63, 3.8) is 0 Å². The Kier molecular flexibility index (Phi) is 6.12. The second-order valence-corrected chi connectivity index (χ2v) is 6.29. The molecule has 0 fully saturated rings. The first kappa shape index (κ1) is 16.6. The molecule has 0 aliphatic rings. The average molecular weight is 299 g/mol. The lowest BCUT2D eigenvalue weighted by atomic mass is 10.1. The van der Waals surface area contributed by atoms with E-state index in [0.717, 1.165) is 6.54 Å². The highest BCUT2D eigenvalue weighted by Crippen LogP contribution is 2.08. The molecule has 1 atom stereocenters. The number of carbonyl (C=O) groups excluding carboxylic acids is 1. The van der Waals surface area contributed by atoms with Gasteiger partial charge in [-0.05, 0) is 31.2 Å². The molecule has 112 valence electrons. The molecule has 1 aromatic rings. The Bertz CT molecular complexity index is 558. The molecule has 0 heterocycles. The van der Waals surface area contributed by atoms with E-state index in [1.807, 2.05) is 13.8 Å². The fourth-order valence-corrected chi connectivity index (χ4v) is 2.45. The van der Waals surface area contributed by atoms with Crippen molar-refractivity contribution in [1.82, 2.24) is 10.6 Å². The van der Waals surface area contributed by atoms with Crippen LogP contribution in [0.5, 0.6) is 0 Å². The van der Waals surface area contributed by atoms with Gasteiger partial charge < -0.3 is 10.6 Å². The van der Waals surface area contributed by atoms with Gasteiger partial charge in [0.1, 0.15) is 0 Å². The van der Waals surface area contributed by atoms with Crippen LogP contribution in [-0.2, 0) is 15.8 Å². The molecule has 0 saturated carbocycles. The van der Waals surface area contributed by atoms with Crippen molar-refractivity contribution in [3.05, 3.63) is 35.4 Å². The van der Waals surface area contributed by atoms with E-state index < -0.39 is 10.0 Å². The first-order chi connectivity index (χ1) is 9.31. The van der Waals surface area contributed by atoms with Crippen LogP contribution >= 0.6 is 0 Å². The molecule has 20 heavy (non-hydrogen) atoms. The van der Waals surface area contributed by atoms with Gasteiger partial charge in [0, 0.05) is 18.2 Å². The van der Waals surface area contributed by atoms with Gasteiger partial charge in [-0.1, -0.05) is 19.1 Å². The van der Waals surface area contributed by atoms with Crippen LogP contribution in [-0.4, -0.2) is 33.5 Å². The highest BCUT2D eigenvalue weighted by Gasteiger charge is 2.10. The number of likely N-dealkylation sites (N-methyl/N-ethyl adjacent to an activating group) is 1. The van der Waals surface area contributed by atoms with Gasteiger partial charge in [0.25, 0.3) is 5.91 Å². The number of sulfonamides is 1. The molecule has 0 aliphatic carbocycles. The van der Waals surface area contributed by atoms with Crippen molar-refractivity contribution in [1.29, 1.82) is 0 Å². The smallest absolute Gasteiger partial charge is 0.251 e. The SMILES string of the molecule is CCN[C@H](C)CNC(=O)c1cccc(CS(N)(=O)=O)c1. The molecule has 7 heteroatoms. The minimum atomic E-state index is -3.59. The van der Waals surface area contributed by atoms with Gasteiger partial charge in [0.05, 0.1) is 5.75 Å². The van der Waals surface area contributed by atoms with E-state index in [1.54, 1.807) is 18.2 Å². The lowest BCUT2D eigenvalue weighted by molar-refractivity contribution is 0.0950. The monoisotopic (exact) mass is 299 g/mol. The number of nitrogens with one attached hydrogen (secondary N) is 2. The van der Waals surface area contributed by atoms with Crippen molar-refractivity contribution in [2.45, 2.75) is 25.6 Å². The Morgan fingerprint density at radius 2 is 2.10 bits per heavy atom. The van der Waals surface area contributed by atoms with Crippen molar-refractivity contribution in [3.8, 4) is 0 Å². The van der Waals surface area contributed by atoms with E-state index in [1.165, 1.54) is 6.07 Å². The van der Waals surface area contributed by atoms with Gasteiger partial charge in [0.2, 0.25) is 10.0 Å². The molecular formula is C13H21N3O3S. The number of hydrogen-bond donors (Lipinski definition) is 3. The van der Waals surface area contributed by atoms with Crippen LogP contribution in [0, 0.1) is 0 Å². The molecule has 1 amide bonds. The van der Waals surface area contributed by atoms with Crippen molar-refractivity contribution >= 4 is 15.9 Å². The standard InChI is InChI=1S/C13H21N3O3S/c1-3-15-10(2)8-16-13(17)12-6-4-5-11(7-12)9-20(14,18)19/h4-7,10,15H,3,8-9H2,1-2H3,(H,16,17)(H2,14,18,19)/t10-/m1/s1. The van der Waals surface area contributed by atoms with Crippen LogP contribution in [0.4, 0.5) is 0 Å². The van der Waals surface area contributed by atoms with Gasteiger partial charge >= 0.3 is 0 Å². The van der Waals surface area contributed by atoms with Crippen LogP contribution in [0.2, 0.25) is 0 Å². The summed E-state index contributed by atoms with van der Waals surface area (Å²) in [6, 6.07) is 6.62.